The molecule has 2 aromatic heterocycles. The first kappa shape index (κ1) is 24.0. The molecular formula is C29H28N2O4S. The Morgan fingerprint density at radius 1 is 1.03 bits per heavy atom. The Hall–Kier alpha value is -3.71. The molecular weight excluding hydrogens is 472 g/mol. The van der Waals surface area contributed by atoms with Gasteiger partial charge in [0.05, 0.1) is 36.1 Å². The number of aryl methyl sites for hydroxylation is 1. The number of benzene rings is 2. The normalized spacial score (nSPS) is 13.1. The number of para-hydroxylation sites is 1. The van der Waals surface area contributed by atoms with Crippen molar-refractivity contribution in [2.24, 2.45) is 0 Å². The summed E-state index contributed by atoms with van der Waals surface area (Å²) < 4.78 is 10.7. The number of thiophene rings is 1. The molecule has 0 radical (unpaired) electrons. The highest BCUT2D eigenvalue weighted by Crippen LogP contribution is 2.38. The van der Waals surface area contributed by atoms with Crippen LogP contribution in [-0.4, -0.2) is 30.6 Å². The summed E-state index contributed by atoms with van der Waals surface area (Å²) >= 11 is 1.49. The molecule has 0 saturated carbocycles. The number of esters is 1. The summed E-state index contributed by atoms with van der Waals surface area (Å²) in [5, 5.41) is 4.36. The Labute approximate surface area is 214 Å². The van der Waals surface area contributed by atoms with Crippen LogP contribution in [0.3, 0.4) is 0 Å². The van der Waals surface area contributed by atoms with Crippen molar-refractivity contribution in [1.82, 2.24) is 4.98 Å². The van der Waals surface area contributed by atoms with Gasteiger partial charge in [0.25, 0.3) is 5.91 Å². The molecule has 0 unspecified atom stereocenters. The van der Waals surface area contributed by atoms with E-state index in [0.29, 0.717) is 28.4 Å². The predicted molar refractivity (Wildman–Crippen MR) is 143 cm³/mol. The summed E-state index contributed by atoms with van der Waals surface area (Å²) in [6.07, 6.45) is 5.00. The number of nitrogens with zero attached hydrogens (tertiary/aromatic N) is 1. The number of rotatable bonds is 6. The van der Waals surface area contributed by atoms with Gasteiger partial charge in [0.2, 0.25) is 0 Å². The van der Waals surface area contributed by atoms with E-state index in [1.165, 1.54) is 18.4 Å². The number of carbonyl (C=O) groups is 2. The fourth-order valence-electron chi connectivity index (χ4n) is 4.72. The van der Waals surface area contributed by atoms with E-state index in [1.54, 1.807) is 0 Å². The van der Waals surface area contributed by atoms with E-state index in [2.05, 4.69) is 5.32 Å². The third-order valence-corrected chi connectivity index (χ3v) is 7.67. The van der Waals surface area contributed by atoms with E-state index in [4.69, 9.17) is 14.5 Å². The van der Waals surface area contributed by atoms with E-state index in [1.807, 2.05) is 61.5 Å². The summed E-state index contributed by atoms with van der Waals surface area (Å²) in [6.45, 7) is 2.54. The van der Waals surface area contributed by atoms with Crippen molar-refractivity contribution >= 4 is 39.1 Å². The van der Waals surface area contributed by atoms with Crippen molar-refractivity contribution in [3.8, 4) is 17.0 Å². The lowest BCUT2D eigenvalue weighted by Gasteiger charge is -2.12. The van der Waals surface area contributed by atoms with Crippen LogP contribution in [0, 0.1) is 0 Å². The van der Waals surface area contributed by atoms with Crippen molar-refractivity contribution < 1.29 is 19.1 Å². The third kappa shape index (κ3) is 4.71. The van der Waals surface area contributed by atoms with Gasteiger partial charge in [-0.3, -0.25) is 4.79 Å². The Morgan fingerprint density at radius 2 is 1.81 bits per heavy atom. The number of aromatic nitrogens is 1. The summed E-state index contributed by atoms with van der Waals surface area (Å²) in [5.41, 5.74) is 4.33. The number of amides is 1. The molecule has 1 aliphatic rings. The summed E-state index contributed by atoms with van der Waals surface area (Å²) in [6, 6.07) is 17.1. The molecule has 7 heteroatoms. The molecule has 0 atom stereocenters. The van der Waals surface area contributed by atoms with Crippen molar-refractivity contribution in [1.29, 1.82) is 0 Å². The maximum atomic E-state index is 13.7. The van der Waals surface area contributed by atoms with Crippen LogP contribution in [0.2, 0.25) is 0 Å². The number of ether oxygens (including phenoxy) is 2. The van der Waals surface area contributed by atoms with Gasteiger partial charge >= 0.3 is 5.97 Å². The number of methoxy groups -OCH3 is 1. The molecule has 1 N–H and O–H groups in total. The molecule has 0 bridgehead atoms. The average Bonchev–Trinajstić information content (AvgIpc) is 3.07. The molecule has 0 aliphatic heterocycles. The molecule has 2 aromatic carbocycles. The van der Waals surface area contributed by atoms with Gasteiger partial charge in [-0.25, -0.2) is 9.78 Å². The largest absolute Gasteiger partial charge is 0.494 e. The third-order valence-electron chi connectivity index (χ3n) is 6.46. The molecule has 6 nitrogen and oxygen atoms in total. The van der Waals surface area contributed by atoms with Crippen LogP contribution in [0.25, 0.3) is 22.2 Å². The van der Waals surface area contributed by atoms with Gasteiger partial charge in [0.15, 0.2) is 0 Å². The molecule has 0 spiro atoms. The zero-order valence-electron chi connectivity index (χ0n) is 20.4. The molecule has 4 aromatic rings. The highest BCUT2D eigenvalue weighted by Gasteiger charge is 2.27. The second kappa shape index (κ2) is 10.5. The first-order valence-corrected chi connectivity index (χ1v) is 13.1. The number of fused-ring (bicyclic) bond motifs is 2. The summed E-state index contributed by atoms with van der Waals surface area (Å²) in [4.78, 5) is 32.4. The van der Waals surface area contributed by atoms with Crippen LogP contribution in [0.1, 0.15) is 57.3 Å². The quantitative estimate of drug-likeness (QED) is 0.236. The van der Waals surface area contributed by atoms with Gasteiger partial charge in [-0.1, -0.05) is 24.6 Å². The average molecular weight is 501 g/mol. The minimum absolute atomic E-state index is 0.276. The fraction of sp³-hybridized carbons (Fsp3) is 0.276. The van der Waals surface area contributed by atoms with Crippen LogP contribution in [0.5, 0.6) is 5.75 Å². The topological polar surface area (TPSA) is 77.5 Å². The summed E-state index contributed by atoms with van der Waals surface area (Å²) in [7, 11) is 1.38. The van der Waals surface area contributed by atoms with Gasteiger partial charge < -0.3 is 14.8 Å². The minimum atomic E-state index is -0.403. The Morgan fingerprint density at radius 3 is 2.58 bits per heavy atom. The highest BCUT2D eigenvalue weighted by atomic mass is 32.1. The Bertz CT molecular complexity index is 1430. The first-order chi connectivity index (χ1) is 17.6. The lowest BCUT2D eigenvalue weighted by molar-refractivity contribution is 0.0601. The molecule has 184 valence electrons. The monoisotopic (exact) mass is 500 g/mol. The number of anilines is 1. The molecule has 5 rings (SSSR count). The second-order valence-electron chi connectivity index (χ2n) is 8.74. The molecule has 0 fully saturated rings. The SMILES string of the molecule is CCOc1ccc(-c2cc(C(=O)Nc3sc4c(c3C(=O)OC)CCCCC4)c3ccccc3n2)cc1. The van der Waals surface area contributed by atoms with Crippen molar-refractivity contribution in [3.63, 3.8) is 0 Å². The van der Waals surface area contributed by atoms with Gasteiger partial charge in [-0.15, -0.1) is 11.3 Å². The minimum Gasteiger partial charge on any atom is -0.494 e. The van der Waals surface area contributed by atoms with E-state index < -0.39 is 5.97 Å². The lowest BCUT2D eigenvalue weighted by atomic mass is 10.0. The number of hydrogen-bond acceptors (Lipinski definition) is 6. The van der Waals surface area contributed by atoms with Gasteiger partial charge in [-0.2, -0.15) is 0 Å². The van der Waals surface area contributed by atoms with Crippen molar-refractivity contribution in [2.45, 2.75) is 39.0 Å². The maximum absolute atomic E-state index is 13.7. The standard InChI is InChI=1S/C29H28N2O4S/c1-3-35-19-15-13-18(14-16-19)24-17-22(20-9-7-8-11-23(20)30-24)27(32)31-28-26(29(33)34-2)21-10-5-4-6-12-25(21)36-28/h7-9,11,13-17H,3-6,10,12H2,1-2H3,(H,31,32). The van der Waals surface area contributed by atoms with Crippen LogP contribution in [0.4, 0.5) is 5.00 Å². The number of nitrogens with one attached hydrogen (secondary N) is 1. The van der Waals surface area contributed by atoms with E-state index in [9.17, 15) is 9.59 Å². The van der Waals surface area contributed by atoms with Crippen LogP contribution in [-0.2, 0) is 17.6 Å². The van der Waals surface area contributed by atoms with Gasteiger partial charge in [0, 0.05) is 15.8 Å². The predicted octanol–water partition coefficient (Wildman–Crippen LogP) is 6.67. The number of hydrogen-bond donors (Lipinski definition) is 1. The fourth-order valence-corrected chi connectivity index (χ4v) is 5.99. The molecule has 1 amide bonds. The number of pyridine rings is 1. The van der Waals surface area contributed by atoms with Crippen molar-refractivity contribution in [2.75, 3.05) is 19.0 Å². The smallest absolute Gasteiger partial charge is 0.341 e. The van der Waals surface area contributed by atoms with Gasteiger partial charge in [0.1, 0.15) is 10.8 Å². The Kier molecular flexibility index (Phi) is 7.00. The highest BCUT2D eigenvalue weighted by molar-refractivity contribution is 7.17. The molecule has 36 heavy (non-hydrogen) atoms. The maximum Gasteiger partial charge on any atom is 0.341 e. The number of carbonyl (C=O) groups excluding carboxylic acids is 2. The second-order valence-corrected chi connectivity index (χ2v) is 9.85. The lowest BCUT2D eigenvalue weighted by Crippen LogP contribution is -2.15. The van der Waals surface area contributed by atoms with Gasteiger partial charge in [-0.05, 0) is 74.6 Å². The first-order valence-electron chi connectivity index (χ1n) is 12.3. The van der Waals surface area contributed by atoms with Crippen LogP contribution in [0.15, 0.2) is 54.6 Å². The van der Waals surface area contributed by atoms with Crippen LogP contribution < -0.4 is 10.1 Å². The molecule has 2 heterocycles. The Balaban J connectivity index is 1.55. The molecule has 0 saturated heterocycles. The molecule has 1 aliphatic carbocycles. The van der Waals surface area contributed by atoms with E-state index in [0.717, 1.165) is 64.8 Å². The van der Waals surface area contributed by atoms with E-state index >= 15 is 0 Å². The van der Waals surface area contributed by atoms with E-state index in [-0.39, 0.29) is 5.91 Å². The van der Waals surface area contributed by atoms with Crippen molar-refractivity contribution in [3.05, 3.63) is 76.2 Å². The zero-order valence-corrected chi connectivity index (χ0v) is 21.2. The van der Waals surface area contributed by atoms with Crippen LogP contribution >= 0.6 is 11.3 Å². The zero-order chi connectivity index (χ0) is 25.1. The summed E-state index contributed by atoms with van der Waals surface area (Å²) in [5.74, 6) is 0.106.